The minimum atomic E-state index is 0.208. The summed E-state index contributed by atoms with van der Waals surface area (Å²) in [5.41, 5.74) is 8.89. The minimum absolute atomic E-state index is 0.208. The molecule has 0 fully saturated rings. The maximum atomic E-state index is 5.81. The standard InChI is InChI=1S/C14H11N7O/c15-13-12(19-22-20-13)14-18-10-3-1-2-4-11(10)21(14)7-9-5-6-16-8-17-9/h1-6,8H,7H2,(H2,15,20). The SMILES string of the molecule is Nc1nonc1-c1nc2ccccc2n1Cc1ccncn1. The summed E-state index contributed by atoms with van der Waals surface area (Å²) in [6.45, 7) is 0.519. The fourth-order valence-corrected chi connectivity index (χ4v) is 2.34. The summed E-state index contributed by atoms with van der Waals surface area (Å²) in [7, 11) is 0. The molecule has 3 heterocycles. The van der Waals surface area contributed by atoms with E-state index in [4.69, 9.17) is 10.4 Å². The van der Waals surface area contributed by atoms with Gasteiger partial charge >= 0.3 is 0 Å². The highest BCUT2D eigenvalue weighted by Crippen LogP contribution is 2.27. The van der Waals surface area contributed by atoms with Gasteiger partial charge in [0.15, 0.2) is 17.3 Å². The molecule has 0 saturated carbocycles. The number of hydrogen-bond donors (Lipinski definition) is 1. The van der Waals surface area contributed by atoms with Crippen LogP contribution in [0.1, 0.15) is 5.69 Å². The number of hydrogen-bond acceptors (Lipinski definition) is 7. The van der Waals surface area contributed by atoms with Crippen molar-refractivity contribution in [3.63, 3.8) is 0 Å². The van der Waals surface area contributed by atoms with Crippen molar-refractivity contribution in [1.82, 2.24) is 29.8 Å². The number of imidazole rings is 1. The Morgan fingerprint density at radius 2 is 2.05 bits per heavy atom. The van der Waals surface area contributed by atoms with Crippen LogP contribution >= 0.6 is 0 Å². The summed E-state index contributed by atoms with van der Waals surface area (Å²) in [4.78, 5) is 12.8. The molecule has 0 aliphatic heterocycles. The molecule has 3 aromatic heterocycles. The van der Waals surface area contributed by atoms with Crippen LogP contribution in [0.15, 0.2) is 47.5 Å². The minimum Gasteiger partial charge on any atom is -0.379 e. The molecular formula is C14H11N7O. The number of fused-ring (bicyclic) bond motifs is 1. The van der Waals surface area contributed by atoms with Gasteiger partial charge in [0.05, 0.1) is 23.3 Å². The third kappa shape index (κ3) is 1.97. The van der Waals surface area contributed by atoms with Crippen LogP contribution in [0.5, 0.6) is 0 Å². The summed E-state index contributed by atoms with van der Waals surface area (Å²) >= 11 is 0. The van der Waals surface area contributed by atoms with Gasteiger partial charge < -0.3 is 10.3 Å². The Kier molecular flexibility index (Phi) is 2.78. The molecule has 0 amide bonds. The first kappa shape index (κ1) is 12.5. The van der Waals surface area contributed by atoms with E-state index in [1.165, 1.54) is 6.33 Å². The smallest absolute Gasteiger partial charge is 0.199 e. The number of nitrogens with zero attached hydrogens (tertiary/aromatic N) is 6. The van der Waals surface area contributed by atoms with Crippen molar-refractivity contribution >= 4 is 16.9 Å². The second kappa shape index (κ2) is 4.92. The Bertz CT molecular complexity index is 929. The molecule has 108 valence electrons. The van der Waals surface area contributed by atoms with Crippen molar-refractivity contribution in [2.24, 2.45) is 0 Å². The molecule has 1 aromatic carbocycles. The molecule has 0 saturated heterocycles. The number of para-hydroxylation sites is 2. The Hall–Kier alpha value is -3.29. The fourth-order valence-electron chi connectivity index (χ4n) is 2.34. The molecule has 0 spiro atoms. The van der Waals surface area contributed by atoms with Crippen LogP contribution in [0.2, 0.25) is 0 Å². The van der Waals surface area contributed by atoms with Crippen LogP contribution < -0.4 is 5.73 Å². The largest absolute Gasteiger partial charge is 0.379 e. The molecule has 4 aromatic rings. The van der Waals surface area contributed by atoms with Gasteiger partial charge in [-0.15, -0.1) is 0 Å². The van der Waals surface area contributed by atoms with Crippen molar-refractivity contribution < 1.29 is 4.63 Å². The lowest BCUT2D eigenvalue weighted by atomic mass is 10.3. The zero-order chi connectivity index (χ0) is 14.9. The van der Waals surface area contributed by atoms with Crippen LogP contribution in [-0.4, -0.2) is 29.8 Å². The highest BCUT2D eigenvalue weighted by Gasteiger charge is 2.19. The van der Waals surface area contributed by atoms with Crippen LogP contribution in [0, 0.1) is 0 Å². The average molecular weight is 293 g/mol. The lowest BCUT2D eigenvalue weighted by Gasteiger charge is -2.06. The Morgan fingerprint density at radius 3 is 2.82 bits per heavy atom. The van der Waals surface area contributed by atoms with Gasteiger partial charge in [-0.1, -0.05) is 12.1 Å². The molecule has 8 nitrogen and oxygen atoms in total. The highest BCUT2D eigenvalue weighted by molar-refractivity contribution is 5.81. The van der Waals surface area contributed by atoms with E-state index in [-0.39, 0.29) is 5.82 Å². The van der Waals surface area contributed by atoms with Crippen molar-refractivity contribution in [3.05, 3.63) is 48.5 Å². The van der Waals surface area contributed by atoms with Crippen molar-refractivity contribution in [1.29, 1.82) is 0 Å². The van der Waals surface area contributed by atoms with Crippen LogP contribution in [-0.2, 0) is 6.54 Å². The van der Waals surface area contributed by atoms with E-state index >= 15 is 0 Å². The third-order valence-electron chi connectivity index (χ3n) is 3.34. The molecule has 8 heteroatoms. The van der Waals surface area contributed by atoms with Crippen molar-refractivity contribution in [3.8, 4) is 11.5 Å². The molecule has 0 aliphatic carbocycles. The van der Waals surface area contributed by atoms with E-state index in [1.807, 2.05) is 34.9 Å². The van der Waals surface area contributed by atoms with Gasteiger partial charge in [-0.3, -0.25) is 0 Å². The summed E-state index contributed by atoms with van der Waals surface area (Å²) in [5.74, 6) is 0.804. The van der Waals surface area contributed by atoms with E-state index in [2.05, 4.69) is 25.3 Å². The van der Waals surface area contributed by atoms with E-state index < -0.39 is 0 Å². The van der Waals surface area contributed by atoms with Gasteiger partial charge in [0, 0.05) is 6.20 Å². The second-order valence-corrected chi connectivity index (χ2v) is 4.71. The monoisotopic (exact) mass is 293 g/mol. The molecule has 0 atom stereocenters. The van der Waals surface area contributed by atoms with Crippen molar-refractivity contribution in [2.45, 2.75) is 6.54 Å². The van der Waals surface area contributed by atoms with Crippen molar-refractivity contribution in [2.75, 3.05) is 5.73 Å². The normalized spacial score (nSPS) is 11.1. The lowest BCUT2D eigenvalue weighted by Crippen LogP contribution is -2.05. The van der Waals surface area contributed by atoms with Crippen LogP contribution in [0.25, 0.3) is 22.6 Å². The zero-order valence-electron chi connectivity index (χ0n) is 11.4. The van der Waals surface area contributed by atoms with E-state index in [9.17, 15) is 0 Å². The summed E-state index contributed by atoms with van der Waals surface area (Å²) in [5, 5.41) is 7.48. The summed E-state index contributed by atoms with van der Waals surface area (Å²) in [6, 6.07) is 9.64. The molecule has 0 unspecified atom stereocenters. The van der Waals surface area contributed by atoms with Gasteiger partial charge in [0.25, 0.3) is 0 Å². The Balaban J connectivity index is 1.93. The predicted octanol–water partition coefficient (Wildman–Crippen LogP) is 1.51. The maximum absolute atomic E-state index is 5.81. The number of nitrogens with two attached hydrogens (primary N) is 1. The van der Waals surface area contributed by atoms with E-state index in [0.717, 1.165) is 16.7 Å². The molecule has 22 heavy (non-hydrogen) atoms. The number of benzene rings is 1. The number of nitrogen functional groups attached to an aromatic ring is 1. The lowest BCUT2D eigenvalue weighted by molar-refractivity contribution is 0.310. The quantitative estimate of drug-likeness (QED) is 0.609. The Labute approximate surface area is 124 Å². The fraction of sp³-hybridized carbons (Fsp3) is 0.0714. The highest BCUT2D eigenvalue weighted by atomic mass is 16.6. The topological polar surface area (TPSA) is 109 Å². The number of rotatable bonds is 3. The van der Waals surface area contributed by atoms with Gasteiger partial charge in [-0.05, 0) is 28.5 Å². The van der Waals surface area contributed by atoms with E-state index in [1.54, 1.807) is 6.20 Å². The number of anilines is 1. The maximum Gasteiger partial charge on any atom is 0.199 e. The first-order valence-electron chi connectivity index (χ1n) is 6.61. The first-order valence-corrected chi connectivity index (χ1v) is 6.61. The van der Waals surface area contributed by atoms with Crippen LogP contribution in [0.4, 0.5) is 5.82 Å². The number of aromatic nitrogens is 6. The first-order chi connectivity index (χ1) is 10.8. The van der Waals surface area contributed by atoms with Crippen LogP contribution in [0.3, 0.4) is 0 Å². The molecule has 2 N–H and O–H groups in total. The predicted molar refractivity (Wildman–Crippen MR) is 78.6 cm³/mol. The second-order valence-electron chi connectivity index (χ2n) is 4.71. The molecule has 0 radical (unpaired) electrons. The van der Waals surface area contributed by atoms with E-state index in [0.29, 0.717) is 18.1 Å². The van der Waals surface area contributed by atoms with Gasteiger partial charge in [-0.25, -0.2) is 19.6 Å². The Morgan fingerprint density at radius 1 is 1.14 bits per heavy atom. The molecule has 0 aliphatic rings. The molecular weight excluding hydrogens is 282 g/mol. The third-order valence-corrected chi connectivity index (χ3v) is 3.34. The average Bonchev–Trinajstić information content (AvgIpc) is 3.12. The van der Waals surface area contributed by atoms with Gasteiger partial charge in [0.1, 0.15) is 6.33 Å². The zero-order valence-corrected chi connectivity index (χ0v) is 11.4. The molecule has 4 rings (SSSR count). The van der Waals surface area contributed by atoms with Gasteiger partial charge in [0.2, 0.25) is 0 Å². The molecule has 0 bridgehead atoms. The summed E-state index contributed by atoms with van der Waals surface area (Å²) in [6.07, 6.45) is 3.22. The summed E-state index contributed by atoms with van der Waals surface area (Å²) < 4.78 is 6.68. The van der Waals surface area contributed by atoms with Gasteiger partial charge in [-0.2, -0.15) is 0 Å².